The van der Waals surface area contributed by atoms with E-state index in [4.69, 9.17) is 0 Å². The average molecular weight is 232 g/mol. The van der Waals surface area contributed by atoms with E-state index in [0.29, 0.717) is 5.16 Å². The minimum atomic E-state index is -2.70. The van der Waals surface area contributed by atoms with E-state index >= 15 is 0 Å². The fourth-order valence-electron chi connectivity index (χ4n) is 1.09. The number of nitrogens with one attached hydrogen (secondary N) is 1. The van der Waals surface area contributed by atoms with Crippen molar-refractivity contribution in [1.29, 1.82) is 0 Å². The molecule has 1 N–H and O–H groups in total. The lowest BCUT2D eigenvalue weighted by Gasteiger charge is -1.94. The van der Waals surface area contributed by atoms with Crippen molar-refractivity contribution in [3.8, 4) is 0 Å². The second kappa shape index (κ2) is 3.61. The van der Waals surface area contributed by atoms with Crippen molar-refractivity contribution in [2.75, 3.05) is 6.26 Å². The Balaban J connectivity index is 2.70. The summed E-state index contributed by atoms with van der Waals surface area (Å²) < 4.78 is 25.7. The molecule has 0 aliphatic rings. The molecule has 80 valence electrons. The van der Waals surface area contributed by atoms with Crippen LogP contribution in [0.25, 0.3) is 5.65 Å². The summed E-state index contributed by atoms with van der Waals surface area (Å²) in [4.78, 5) is 17.3. The third-order valence-electron chi connectivity index (χ3n) is 1.75. The summed E-state index contributed by atoms with van der Waals surface area (Å²) in [5.74, 6) is 0. The van der Waals surface area contributed by atoms with Crippen LogP contribution >= 0.6 is 11.8 Å². The van der Waals surface area contributed by atoms with Crippen LogP contribution in [0.15, 0.2) is 16.1 Å². The van der Waals surface area contributed by atoms with E-state index in [1.807, 2.05) is 0 Å². The topological polar surface area (TPSA) is 63.1 Å². The van der Waals surface area contributed by atoms with Crippen LogP contribution in [0.2, 0.25) is 0 Å². The molecule has 5 nitrogen and oxygen atoms in total. The number of alkyl halides is 2. The molecule has 0 saturated heterocycles. The highest BCUT2D eigenvalue weighted by Gasteiger charge is 2.14. The van der Waals surface area contributed by atoms with Crippen molar-refractivity contribution in [1.82, 2.24) is 19.6 Å². The number of halogens is 2. The molecule has 8 heteroatoms. The van der Waals surface area contributed by atoms with Gasteiger partial charge in [-0.3, -0.25) is 9.78 Å². The molecule has 15 heavy (non-hydrogen) atoms. The molecule has 0 amide bonds. The third kappa shape index (κ3) is 1.72. The second-order valence-electron chi connectivity index (χ2n) is 2.70. The summed E-state index contributed by atoms with van der Waals surface area (Å²) in [6, 6.07) is 0. The van der Waals surface area contributed by atoms with Gasteiger partial charge >= 0.3 is 0 Å². The number of imidazole rings is 1. The van der Waals surface area contributed by atoms with Gasteiger partial charge in [-0.1, -0.05) is 11.8 Å². The molecule has 0 aliphatic carbocycles. The number of thioether (sulfide) groups is 1. The van der Waals surface area contributed by atoms with Gasteiger partial charge in [-0.25, -0.2) is 18.3 Å². The Morgan fingerprint density at radius 2 is 2.33 bits per heavy atom. The number of fused-ring (bicyclic) bond motifs is 1. The van der Waals surface area contributed by atoms with Gasteiger partial charge < -0.3 is 0 Å². The van der Waals surface area contributed by atoms with E-state index in [1.165, 1.54) is 11.8 Å². The summed E-state index contributed by atoms with van der Waals surface area (Å²) in [5, 5.41) is 4.24. The van der Waals surface area contributed by atoms with Gasteiger partial charge in [0.05, 0.1) is 6.20 Å². The zero-order valence-electron chi connectivity index (χ0n) is 7.57. The van der Waals surface area contributed by atoms with Crippen LogP contribution in [0.3, 0.4) is 0 Å². The van der Waals surface area contributed by atoms with Crippen LogP contribution < -0.4 is 5.56 Å². The van der Waals surface area contributed by atoms with Gasteiger partial charge in [0.25, 0.3) is 12.0 Å². The quantitative estimate of drug-likeness (QED) is 0.787. The minimum Gasteiger partial charge on any atom is -0.297 e. The summed E-state index contributed by atoms with van der Waals surface area (Å²) in [7, 11) is 0. The molecule has 0 aliphatic heterocycles. The predicted molar refractivity (Wildman–Crippen MR) is 50.3 cm³/mol. The molecule has 0 atom stereocenters. The van der Waals surface area contributed by atoms with Crippen LogP contribution in [-0.4, -0.2) is 25.8 Å². The first-order chi connectivity index (χ1) is 7.11. The second-order valence-corrected chi connectivity index (χ2v) is 3.49. The number of aromatic amines is 1. The molecule has 2 rings (SSSR count). The Morgan fingerprint density at radius 1 is 1.60 bits per heavy atom. The van der Waals surface area contributed by atoms with Gasteiger partial charge in [-0.05, 0) is 6.26 Å². The monoisotopic (exact) mass is 232 g/mol. The van der Waals surface area contributed by atoms with Crippen molar-refractivity contribution in [3.63, 3.8) is 0 Å². The van der Waals surface area contributed by atoms with Crippen molar-refractivity contribution in [2.45, 2.75) is 11.6 Å². The van der Waals surface area contributed by atoms with Crippen LogP contribution in [0.5, 0.6) is 0 Å². The van der Waals surface area contributed by atoms with E-state index in [1.54, 1.807) is 6.26 Å². The maximum Gasteiger partial charge on any atom is 0.295 e. The van der Waals surface area contributed by atoms with Crippen LogP contribution in [0.4, 0.5) is 8.78 Å². The SMILES string of the molecule is CSc1nn2cc(C(F)F)nc2c(=O)[nH]1. The molecule has 0 saturated carbocycles. The fraction of sp³-hybridized carbons (Fsp3) is 0.286. The Labute approximate surface area is 86.5 Å². The molecule has 2 aromatic heterocycles. The molecule has 0 bridgehead atoms. The van der Waals surface area contributed by atoms with E-state index in [2.05, 4.69) is 15.1 Å². The third-order valence-corrected chi connectivity index (χ3v) is 2.32. The Bertz CT molecular complexity index is 549. The molecule has 2 heterocycles. The Kier molecular flexibility index (Phi) is 2.43. The van der Waals surface area contributed by atoms with Gasteiger partial charge in [0.1, 0.15) is 5.69 Å². The highest BCUT2D eigenvalue weighted by molar-refractivity contribution is 7.98. The molecule has 0 unspecified atom stereocenters. The van der Waals surface area contributed by atoms with Gasteiger partial charge in [0.15, 0.2) is 5.16 Å². The highest BCUT2D eigenvalue weighted by atomic mass is 32.2. The first-order valence-electron chi connectivity index (χ1n) is 3.93. The molecule has 0 radical (unpaired) electrons. The molecule has 0 spiro atoms. The highest BCUT2D eigenvalue weighted by Crippen LogP contribution is 2.16. The maximum atomic E-state index is 12.3. The van der Waals surface area contributed by atoms with E-state index in [-0.39, 0.29) is 5.65 Å². The summed E-state index contributed by atoms with van der Waals surface area (Å²) in [6.07, 6.45) is 0.0631. The molecule has 0 fully saturated rings. The number of aromatic nitrogens is 4. The number of nitrogens with zero attached hydrogens (tertiary/aromatic N) is 3. The largest absolute Gasteiger partial charge is 0.297 e. The number of hydrogen-bond acceptors (Lipinski definition) is 4. The standard InChI is InChI=1S/C7H6F2N4OS/c1-15-7-11-6(14)5-10-3(4(8)9)2-13(5)12-7/h2,4H,1H3,(H,11,12,14). The number of rotatable bonds is 2. The van der Waals surface area contributed by atoms with Crippen LogP contribution in [-0.2, 0) is 0 Å². The first-order valence-corrected chi connectivity index (χ1v) is 5.16. The Hall–Kier alpha value is -1.44. The zero-order chi connectivity index (χ0) is 11.0. The maximum absolute atomic E-state index is 12.3. The lowest BCUT2D eigenvalue weighted by atomic mass is 10.5. The van der Waals surface area contributed by atoms with E-state index in [0.717, 1.165) is 10.7 Å². The van der Waals surface area contributed by atoms with Crippen molar-refractivity contribution in [2.24, 2.45) is 0 Å². The summed E-state index contributed by atoms with van der Waals surface area (Å²) in [5.41, 5.74) is -1.10. The molecular formula is C7H6F2N4OS. The molecule has 2 aromatic rings. The first kappa shape index (κ1) is 10.1. The lowest BCUT2D eigenvalue weighted by molar-refractivity contribution is 0.146. The normalized spacial score (nSPS) is 11.5. The fourth-order valence-corrected chi connectivity index (χ4v) is 1.46. The van der Waals surface area contributed by atoms with Crippen molar-refractivity contribution >= 4 is 17.4 Å². The lowest BCUT2D eigenvalue weighted by Crippen LogP contribution is -2.13. The smallest absolute Gasteiger partial charge is 0.295 e. The van der Waals surface area contributed by atoms with Crippen molar-refractivity contribution < 1.29 is 8.78 Å². The van der Waals surface area contributed by atoms with E-state index in [9.17, 15) is 13.6 Å². The van der Waals surface area contributed by atoms with Gasteiger partial charge in [-0.2, -0.15) is 0 Å². The van der Waals surface area contributed by atoms with Crippen LogP contribution in [0.1, 0.15) is 12.1 Å². The zero-order valence-corrected chi connectivity index (χ0v) is 8.39. The summed E-state index contributed by atoms with van der Waals surface area (Å²) >= 11 is 1.21. The molecule has 0 aromatic carbocycles. The van der Waals surface area contributed by atoms with Gasteiger partial charge in [-0.15, -0.1) is 5.10 Å². The van der Waals surface area contributed by atoms with Crippen molar-refractivity contribution in [3.05, 3.63) is 22.2 Å². The van der Waals surface area contributed by atoms with Gasteiger partial charge in [0, 0.05) is 0 Å². The summed E-state index contributed by atoms with van der Waals surface area (Å²) in [6.45, 7) is 0. The average Bonchev–Trinajstić information content (AvgIpc) is 2.61. The Morgan fingerprint density at radius 3 is 2.93 bits per heavy atom. The minimum absolute atomic E-state index is 0.122. The number of H-pyrrole nitrogens is 1. The van der Waals surface area contributed by atoms with E-state index < -0.39 is 17.7 Å². The predicted octanol–water partition coefficient (Wildman–Crippen LogP) is 1.08. The van der Waals surface area contributed by atoms with Crippen LogP contribution in [0, 0.1) is 0 Å². The number of hydrogen-bond donors (Lipinski definition) is 1. The van der Waals surface area contributed by atoms with Gasteiger partial charge in [0.2, 0.25) is 5.65 Å². The molecular weight excluding hydrogens is 226 g/mol.